The summed E-state index contributed by atoms with van der Waals surface area (Å²) in [6.45, 7) is 8.69. The number of unbranched alkanes of at least 4 members (excludes halogenated alkanes) is 3. The average Bonchev–Trinajstić information content (AvgIpc) is 2.94. The number of nitrogens with one attached hydrogen (secondary N) is 2. The van der Waals surface area contributed by atoms with Crippen molar-refractivity contribution in [2.24, 2.45) is 0 Å². The summed E-state index contributed by atoms with van der Waals surface area (Å²) in [6.07, 6.45) is 2.65. The standard InChI is InChI=1S/C32H45N3O7/c1-7-8-9-13-19-35(27(29(38)33-21-26(36)41-6)24-18-14-15-22(2)28(24)37)30(39)25(20-23-16-11-10-12-17-23)34-31(40)42-32(3,4)5/h10-12,14-18,25,27,37H,7-9,13,19-21H2,1-6H3,(H,33,38)(H,34,40). The van der Waals surface area contributed by atoms with Crippen LogP contribution >= 0.6 is 0 Å². The number of rotatable bonds is 14. The van der Waals surface area contributed by atoms with Gasteiger partial charge >= 0.3 is 12.1 Å². The quantitative estimate of drug-likeness (QED) is 0.219. The van der Waals surface area contributed by atoms with Gasteiger partial charge in [-0.1, -0.05) is 74.7 Å². The lowest BCUT2D eigenvalue weighted by Crippen LogP contribution is -2.54. The third-order valence-electron chi connectivity index (χ3n) is 6.57. The smallest absolute Gasteiger partial charge is 0.408 e. The van der Waals surface area contributed by atoms with Crippen molar-refractivity contribution < 1.29 is 33.8 Å². The zero-order valence-corrected chi connectivity index (χ0v) is 25.6. The third-order valence-corrected chi connectivity index (χ3v) is 6.57. The molecule has 42 heavy (non-hydrogen) atoms. The highest BCUT2D eigenvalue weighted by molar-refractivity contribution is 5.93. The van der Waals surface area contributed by atoms with Gasteiger partial charge in [-0.2, -0.15) is 0 Å². The first-order valence-electron chi connectivity index (χ1n) is 14.3. The van der Waals surface area contributed by atoms with E-state index in [9.17, 15) is 24.3 Å². The second kappa shape index (κ2) is 16.4. The third kappa shape index (κ3) is 10.7. The number of hydrogen-bond donors (Lipinski definition) is 3. The second-order valence-electron chi connectivity index (χ2n) is 11.2. The maximum Gasteiger partial charge on any atom is 0.408 e. The number of phenolic OH excluding ortho intramolecular Hbond substituents is 1. The molecule has 2 aromatic rings. The Hall–Kier alpha value is -4.08. The fourth-order valence-electron chi connectivity index (χ4n) is 4.46. The molecule has 0 bridgehead atoms. The molecule has 0 spiro atoms. The van der Waals surface area contributed by atoms with E-state index in [0.29, 0.717) is 12.0 Å². The molecule has 0 radical (unpaired) electrons. The van der Waals surface area contributed by atoms with Gasteiger partial charge in [-0.05, 0) is 45.2 Å². The lowest BCUT2D eigenvalue weighted by Gasteiger charge is -2.35. The Labute approximate surface area is 248 Å². The summed E-state index contributed by atoms with van der Waals surface area (Å²) in [5.74, 6) is -1.99. The van der Waals surface area contributed by atoms with E-state index in [1.165, 1.54) is 12.0 Å². The lowest BCUT2D eigenvalue weighted by molar-refractivity contribution is -0.144. The maximum atomic E-state index is 14.4. The Morgan fingerprint density at radius 1 is 0.976 bits per heavy atom. The summed E-state index contributed by atoms with van der Waals surface area (Å²) < 4.78 is 10.1. The van der Waals surface area contributed by atoms with Crippen molar-refractivity contribution >= 4 is 23.9 Å². The molecular weight excluding hydrogens is 538 g/mol. The van der Waals surface area contributed by atoms with Gasteiger partial charge in [-0.25, -0.2) is 4.79 Å². The highest BCUT2D eigenvalue weighted by Gasteiger charge is 2.37. The Morgan fingerprint density at radius 2 is 1.67 bits per heavy atom. The summed E-state index contributed by atoms with van der Waals surface area (Å²) in [7, 11) is 1.21. The number of esters is 1. The number of para-hydroxylation sites is 1. The average molecular weight is 584 g/mol. The van der Waals surface area contributed by atoms with E-state index in [1.807, 2.05) is 30.3 Å². The number of nitrogens with zero attached hydrogens (tertiary/aromatic N) is 1. The summed E-state index contributed by atoms with van der Waals surface area (Å²) >= 11 is 0. The first-order chi connectivity index (χ1) is 19.9. The highest BCUT2D eigenvalue weighted by Crippen LogP contribution is 2.33. The summed E-state index contributed by atoms with van der Waals surface area (Å²) in [6, 6.07) is 11.8. The Balaban J connectivity index is 2.60. The number of carbonyl (C=O) groups is 4. The number of methoxy groups -OCH3 is 1. The van der Waals surface area contributed by atoms with Crippen LogP contribution in [0, 0.1) is 6.92 Å². The SMILES string of the molecule is CCCCCCN(C(=O)C(Cc1ccccc1)NC(=O)OC(C)(C)C)C(C(=O)NCC(=O)OC)c1cccc(C)c1O. The van der Waals surface area contributed by atoms with Gasteiger partial charge in [0.2, 0.25) is 11.8 Å². The van der Waals surface area contributed by atoms with Gasteiger partial charge < -0.3 is 30.1 Å². The number of amides is 3. The molecule has 2 unspecified atom stereocenters. The van der Waals surface area contributed by atoms with Crippen molar-refractivity contribution in [3.8, 4) is 5.75 Å². The first-order valence-corrected chi connectivity index (χ1v) is 14.3. The van der Waals surface area contributed by atoms with Crippen molar-refractivity contribution in [2.75, 3.05) is 20.2 Å². The number of ether oxygens (including phenoxy) is 2. The minimum atomic E-state index is -1.29. The molecule has 230 valence electrons. The molecule has 3 amide bonds. The molecule has 2 rings (SSSR count). The fourth-order valence-corrected chi connectivity index (χ4v) is 4.46. The van der Waals surface area contributed by atoms with Crippen molar-refractivity contribution in [2.45, 2.75) is 84.4 Å². The van der Waals surface area contributed by atoms with Crippen LogP contribution in [-0.4, -0.2) is 65.7 Å². The van der Waals surface area contributed by atoms with E-state index in [4.69, 9.17) is 4.74 Å². The normalized spacial score (nSPS) is 12.5. The topological polar surface area (TPSA) is 134 Å². The van der Waals surface area contributed by atoms with Crippen LogP contribution < -0.4 is 10.6 Å². The van der Waals surface area contributed by atoms with E-state index < -0.39 is 48.1 Å². The van der Waals surface area contributed by atoms with Crippen LogP contribution in [0.15, 0.2) is 48.5 Å². The summed E-state index contributed by atoms with van der Waals surface area (Å²) in [4.78, 5) is 54.3. The maximum absolute atomic E-state index is 14.4. The van der Waals surface area contributed by atoms with Crippen LogP contribution in [0.3, 0.4) is 0 Å². The van der Waals surface area contributed by atoms with Crippen LogP contribution in [0.1, 0.15) is 76.1 Å². The molecule has 0 aliphatic heterocycles. The predicted octanol–water partition coefficient (Wildman–Crippen LogP) is 4.58. The van der Waals surface area contributed by atoms with Crippen LogP contribution in [-0.2, 0) is 30.3 Å². The van der Waals surface area contributed by atoms with Crippen molar-refractivity contribution in [3.05, 3.63) is 65.2 Å². The van der Waals surface area contributed by atoms with E-state index in [2.05, 4.69) is 22.3 Å². The van der Waals surface area contributed by atoms with Crippen LogP contribution in [0.2, 0.25) is 0 Å². The van der Waals surface area contributed by atoms with E-state index in [-0.39, 0.29) is 24.3 Å². The van der Waals surface area contributed by atoms with Crippen LogP contribution in [0.25, 0.3) is 0 Å². The van der Waals surface area contributed by atoms with Gasteiger partial charge in [0.05, 0.1) is 7.11 Å². The zero-order chi connectivity index (χ0) is 31.3. The van der Waals surface area contributed by atoms with Gasteiger partial charge in [0.1, 0.15) is 30.0 Å². The molecule has 0 saturated heterocycles. The van der Waals surface area contributed by atoms with Gasteiger partial charge in [0, 0.05) is 18.5 Å². The predicted molar refractivity (Wildman–Crippen MR) is 160 cm³/mol. The molecule has 0 aromatic heterocycles. The largest absolute Gasteiger partial charge is 0.507 e. The minimum Gasteiger partial charge on any atom is -0.507 e. The van der Waals surface area contributed by atoms with Gasteiger partial charge in [-0.3, -0.25) is 14.4 Å². The molecule has 0 fully saturated rings. The van der Waals surface area contributed by atoms with Gasteiger partial charge in [-0.15, -0.1) is 0 Å². The zero-order valence-electron chi connectivity index (χ0n) is 25.6. The van der Waals surface area contributed by atoms with E-state index in [1.54, 1.807) is 45.9 Å². The van der Waals surface area contributed by atoms with Crippen molar-refractivity contribution in [3.63, 3.8) is 0 Å². The molecule has 3 N–H and O–H groups in total. The summed E-state index contributed by atoms with van der Waals surface area (Å²) in [5.41, 5.74) is 0.720. The first kappa shape index (κ1) is 34.1. The molecule has 0 aliphatic rings. The number of phenols is 1. The molecule has 2 aromatic carbocycles. The second-order valence-corrected chi connectivity index (χ2v) is 11.2. The van der Waals surface area contributed by atoms with Crippen LogP contribution in [0.5, 0.6) is 5.75 Å². The number of hydrogen-bond acceptors (Lipinski definition) is 7. The molecule has 0 heterocycles. The van der Waals surface area contributed by atoms with E-state index in [0.717, 1.165) is 24.8 Å². The van der Waals surface area contributed by atoms with Gasteiger partial charge in [0.25, 0.3) is 0 Å². The number of aryl methyl sites for hydroxylation is 1. The molecule has 10 nitrogen and oxygen atoms in total. The Morgan fingerprint density at radius 3 is 2.29 bits per heavy atom. The van der Waals surface area contributed by atoms with Crippen molar-refractivity contribution in [1.29, 1.82) is 0 Å². The summed E-state index contributed by atoms with van der Waals surface area (Å²) in [5, 5.41) is 16.3. The Bertz CT molecular complexity index is 1190. The molecule has 0 saturated carbocycles. The molecule has 10 heteroatoms. The number of alkyl carbamates (subject to hydrolysis) is 1. The number of benzene rings is 2. The van der Waals surface area contributed by atoms with E-state index >= 15 is 0 Å². The lowest BCUT2D eigenvalue weighted by atomic mass is 9.97. The van der Waals surface area contributed by atoms with Crippen molar-refractivity contribution in [1.82, 2.24) is 15.5 Å². The fraction of sp³-hybridized carbons (Fsp3) is 0.500. The molecule has 0 aliphatic carbocycles. The Kier molecular flexibility index (Phi) is 13.3. The number of aromatic hydroxyl groups is 1. The highest BCUT2D eigenvalue weighted by atomic mass is 16.6. The van der Waals surface area contributed by atoms with Gasteiger partial charge in [0.15, 0.2) is 0 Å². The molecular formula is C32H45N3O7. The van der Waals surface area contributed by atoms with Crippen LogP contribution in [0.4, 0.5) is 4.79 Å². The number of carbonyl (C=O) groups excluding carboxylic acids is 4. The minimum absolute atomic E-state index is 0.137. The monoisotopic (exact) mass is 583 g/mol. The molecule has 2 atom stereocenters.